The summed E-state index contributed by atoms with van der Waals surface area (Å²) in [4.78, 5) is 28.0. The van der Waals surface area contributed by atoms with Gasteiger partial charge in [0.2, 0.25) is 0 Å². The number of benzene rings is 2. The van der Waals surface area contributed by atoms with E-state index in [1.165, 1.54) is 11.0 Å². The lowest BCUT2D eigenvalue weighted by Gasteiger charge is -2.14. The Morgan fingerprint density at radius 2 is 1.75 bits per heavy atom. The molecular formula is C26H25N3O3. The maximum atomic E-state index is 13.6. The molecule has 0 radical (unpaired) electrons. The quantitative estimate of drug-likeness (QED) is 0.429. The first-order chi connectivity index (χ1) is 15.4. The molecule has 0 atom stereocenters. The van der Waals surface area contributed by atoms with Gasteiger partial charge in [0, 0.05) is 60.5 Å². The lowest BCUT2D eigenvalue weighted by Crippen LogP contribution is -2.30. The van der Waals surface area contributed by atoms with Crippen LogP contribution < -0.4 is 4.90 Å². The molecule has 32 heavy (non-hydrogen) atoms. The van der Waals surface area contributed by atoms with Crippen LogP contribution >= 0.6 is 0 Å². The minimum Gasteiger partial charge on any atom is -0.380 e. The topological polar surface area (TPSA) is 56.5 Å². The maximum Gasteiger partial charge on any atom is 0.266 e. The molecule has 0 saturated carbocycles. The number of hydrogen-bond acceptors (Lipinski definition) is 3. The number of imide groups is 1. The van der Waals surface area contributed by atoms with Crippen LogP contribution in [0.2, 0.25) is 0 Å². The van der Waals surface area contributed by atoms with E-state index in [1.54, 1.807) is 7.11 Å². The Morgan fingerprint density at radius 1 is 0.969 bits per heavy atom. The average molecular weight is 428 g/mol. The SMILES string of the molecule is COCc1ccc2c(N3C(=O)C=C(c4cn(C)c5ccccc45)C3=O)cn(C(C)C)c2c1. The molecule has 0 aliphatic carbocycles. The van der Waals surface area contributed by atoms with Crippen LogP contribution in [0.4, 0.5) is 5.69 Å². The van der Waals surface area contributed by atoms with Crippen molar-refractivity contribution in [1.29, 1.82) is 0 Å². The van der Waals surface area contributed by atoms with Gasteiger partial charge in [-0.2, -0.15) is 0 Å². The normalized spacial score (nSPS) is 14.4. The van der Waals surface area contributed by atoms with Crippen molar-refractivity contribution in [3.05, 3.63) is 72.1 Å². The number of fused-ring (bicyclic) bond motifs is 2. The highest BCUT2D eigenvalue weighted by Crippen LogP contribution is 2.38. The molecule has 1 aliphatic rings. The van der Waals surface area contributed by atoms with Crippen LogP contribution in [0.15, 0.2) is 60.9 Å². The second kappa shape index (κ2) is 7.50. The zero-order valence-electron chi connectivity index (χ0n) is 18.6. The molecule has 3 heterocycles. The molecule has 6 heteroatoms. The van der Waals surface area contributed by atoms with Gasteiger partial charge in [-0.25, -0.2) is 4.90 Å². The van der Waals surface area contributed by atoms with E-state index in [1.807, 2.05) is 60.4 Å². The second-order valence-corrected chi connectivity index (χ2v) is 8.51. The van der Waals surface area contributed by atoms with Crippen molar-refractivity contribution in [2.45, 2.75) is 26.5 Å². The molecule has 1 aliphatic heterocycles. The Hall–Kier alpha value is -3.64. The van der Waals surface area contributed by atoms with E-state index < -0.39 is 0 Å². The zero-order valence-corrected chi connectivity index (χ0v) is 18.6. The number of hydrogen-bond donors (Lipinski definition) is 0. The molecule has 162 valence electrons. The third-order valence-electron chi connectivity index (χ3n) is 6.09. The van der Waals surface area contributed by atoms with Gasteiger partial charge < -0.3 is 13.9 Å². The Morgan fingerprint density at radius 3 is 2.50 bits per heavy atom. The van der Waals surface area contributed by atoms with E-state index in [-0.39, 0.29) is 17.9 Å². The molecule has 6 nitrogen and oxygen atoms in total. The number of aromatic nitrogens is 2. The summed E-state index contributed by atoms with van der Waals surface area (Å²) in [6, 6.07) is 14.1. The van der Waals surface area contributed by atoms with Gasteiger partial charge in [-0.15, -0.1) is 0 Å². The van der Waals surface area contributed by atoms with Crippen LogP contribution in [0.25, 0.3) is 27.4 Å². The molecule has 0 fully saturated rings. The van der Waals surface area contributed by atoms with Gasteiger partial charge in [0.05, 0.1) is 23.4 Å². The fourth-order valence-corrected chi connectivity index (χ4v) is 4.59. The van der Waals surface area contributed by atoms with E-state index in [0.29, 0.717) is 17.9 Å². The van der Waals surface area contributed by atoms with Crippen LogP contribution in [-0.2, 0) is 28.0 Å². The standard InChI is InChI=1S/C26H25N3O3/c1-16(2)28-14-24(19-10-9-17(15-32-4)11-23(19)28)29-25(30)12-20(26(29)31)21-13-27(3)22-8-6-5-7-18(21)22/h5-14,16H,15H2,1-4H3. The van der Waals surface area contributed by atoms with Crippen LogP contribution in [-0.4, -0.2) is 28.1 Å². The van der Waals surface area contributed by atoms with Gasteiger partial charge in [-0.3, -0.25) is 9.59 Å². The molecular weight excluding hydrogens is 402 g/mol. The molecule has 0 saturated heterocycles. The van der Waals surface area contributed by atoms with Gasteiger partial charge in [0.15, 0.2) is 0 Å². The summed E-state index contributed by atoms with van der Waals surface area (Å²) < 4.78 is 9.36. The fraction of sp³-hybridized carbons (Fsp3) is 0.231. The highest BCUT2D eigenvalue weighted by Gasteiger charge is 2.36. The van der Waals surface area contributed by atoms with Crippen molar-refractivity contribution in [3.8, 4) is 0 Å². The molecule has 2 amide bonds. The summed E-state index contributed by atoms with van der Waals surface area (Å²) in [5, 5.41) is 1.82. The summed E-state index contributed by atoms with van der Waals surface area (Å²) in [6.45, 7) is 4.67. The minimum atomic E-state index is -0.318. The molecule has 2 aromatic heterocycles. The number of amides is 2. The Kier molecular flexibility index (Phi) is 4.75. The van der Waals surface area contributed by atoms with Crippen molar-refractivity contribution < 1.29 is 14.3 Å². The molecule has 0 spiro atoms. The summed E-state index contributed by atoms with van der Waals surface area (Å²) in [5.74, 6) is -0.614. The minimum absolute atomic E-state index is 0.169. The van der Waals surface area contributed by atoms with E-state index in [0.717, 1.165) is 32.9 Å². The van der Waals surface area contributed by atoms with E-state index >= 15 is 0 Å². The second-order valence-electron chi connectivity index (χ2n) is 8.51. The number of nitrogens with zero attached hydrogens (tertiary/aromatic N) is 3. The monoisotopic (exact) mass is 427 g/mol. The molecule has 2 aromatic carbocycles. The third kappa shape index (κ3) is 2.99. The van der Waals surface area contributed by atoms with Crippen molar-refractivity contribution >= 4 is 44.9 Å². The summed E-state index contributed by atoms with van der Waals surface area (Å²) >= 11 is 0. The summed E-state index contributed by atoms with van der Waals surface area (Å²) in [6.07, 6.45) is 5.28. The van der Waals surface area contributed by atoms with Gasteiger partial charge >= 0.3 is 0 Å². The van der Waals surface area contributed by atoms with Gasteiger partial charge in [0.1, 0.15) is 0 Å². The van der Waals surface area contributed by atoms with Gasteiger partial charge in [-0.05, 0) is 31.5 Å². The van der Waals surface area contributed by atoms with Crippen LogP contribution in [0.5, 0.6) is 0 Å². The Labute approximate surface area is 186 Å². The highest BCUT2D eigenvalue weighted by atomic mass is 16.5. The smallest absolute Gasteiger partial charge is 0.266 e. The zero-order chi connectivity index (χ0) is 22.6. The van der Waals surface area contributed by atoms with E-state index in [2.05, 4.69) is 24.5 Å². The largest absolute Gasteiger partial charge is 0.380 e. The predicted molar refractivity (Wildman–Crippen MR) is 126 cm³/mol. The third-order valence-corrected chi connectivity index (χ3v) is 6.09. The van der Waals surface area contributed by atoms with E-state index in [4.69, 9.17) is 4.74 Å². The van der Waals surface area contributed by atoms with E-state index in [9.17, 15) is 9.59 Å². The number of carbonyl (C=O) groups excluding carboxylic acids is 2. The van der Waals surface area contributed by atoms with Crippen molar-refractivity contribution in [3.63, 3.8) is 0 Å². The van der Waals surface area contributed by atoms with Crippen LogP contribution in [0.1, 0.15) is 31.0 Å². The predicted octanol–water partition coefficient (Wildman–Crippen LogP) is 4.82. The molecule has 4 aromatic rings. The molecule has 0 bridgehead atoms. The van der Waals surface area contributed by atoms with Crippen LogP contribution in [0, 0.1) is 0 Å². The fourth-order valence-electron chi connectivity index (χ4n) is 4.59. The molecule has 5 rings (SSSR count). The Bertz CT molecular complexity index is 1420. The summed E-state index contributed by atoms with van der Waals surface area (Å²) in [7, 11) is 3.61. The number of anilines is 1. The lowest BCUT2D eigenvalue weighted by atomic mass is 10.1. The molecule has 0 unspecified atom stereocenters. The van der Waals surface area contributed by atoms with Crippen LogP contribution in [0.3, 0.4) is 0 Å². The van der Waals surface area contributed by atoms with Crippen molar-refractivity contribution in [2.24, 2.45) is 7.05 Å². The lowest BCUT2D eigenvalue weighted by molar-refractivity contribution is -0.119. The first-order valence-electron chi connectivity index (χ1n) is 10.7. The number of aryl methyl sites for hydroxylation is 1. The first-order valence-corrected chi connectivity index (χ1v) is 10.7. The van der Waals surface area contributed by atoms with Gasteiger partial charge in [-0.1, -0.05) is 30.3 Å². The molecule has 0 N–H and O–H groups in total. The maximum absolute atomic E-state index is 13.6. The average Bonchev–Trinajstić information content (AvgIpc) is 3.40. The highest BCUT2D eigenvalue weighted by molar-refractivity contribution is 6.45. The Balaban J connectivity index is 1.62. The van der Waals surface area contributed by atoms with Crippen molar-refractivity contribution in [2.75, 3.05) is 12.0 Å². The number of methoxy groups -OCH3 is 1. The number of rotatable bonds is 5. The number of carbonyl (C=O) groups is 2. The number of ether oxygens (including phenoxy) is 1. The summed E-state index contributed by atoms with van der Waals surface area (Å²) in [5.41, 5.74) is 4.85. The van der Waals surface area contributed by atoms with Gasteiger partial charge in [0.25, 0.3) is 11.8 Å². The van der Waals surface area contributed by atoms with Crippen molar-refractivity contribution in [1.82, 2.24) is 9.13 Å². The first kappa shape index (κ1) is 20.3. The number of para-hydroxylation sites is 1.